The minimum absolute atomic E-state index is 0.314. The predicted octanol–water partition coefficient (Wildman–Crippen LogP) is 4.82. The van der Waals surface area contributed by atoms with Gasteiger partial charge >= 0.3 is 5.97 Å². The van der Waals surface area contributed by atoms with Crippen molar-refractivity contribution in [3.05, 3.63) is 63.6 Å². The Morgan fingerprint density at radius 2 is 2.00 bits per heavy atom. The molecular weight excluding hydrogens is 354 g/mol. The first-order valence-corrected chi connectivity index (χ1v) is 7.71. The molecule has 110 valence electrons. The smallest absolute Gasteiger partial charge is 0.333 e. The predicted molar refractivity (Wildman–Crippen MR) is 88.6 cm³/mol. The number of carbonyl (C=O) groups is 1. The van der Waals surface area contributed by atoms with E-state index in [-0.39, 0.29) is 5.97 Å². The number of hydrogen-bond donors (Lipinski definition) is 1. The fourth-order valence-electron chi connectivity index (χ4n) is 1.90. The number of carbonyl (C=O) groups excluding carboxylic acids is 1. The number of hydrogen-bond acceptors (Lipinski definition) is 3. The lowest BCUT2D eigenvalue weighted by Gasteiger charge is -2.19. The molecule has 0 heterocycles. The summed E-state index contributed by atoms with van der Waals surface area (Å²) in [4.78, 5) is 12.2. The van der Waals surface area contributed by atoms with Crippen molar-refractivity contribution in [1.82, 2.24) is 0 Å². The number of rotatable bonds is 5. The fraction of sp³-hybridized carbons (Fsp3) is 0.188. The van der Waals surface area contributed by atoms with Crippen LogP contribution >= 0.6 is 27.5 Å². The van der Waals surface area contributed by atoms with Crippen LogP contribution in [-0.2, 0) is 9.53 Å². The van der Waals surface area contributed by atoms with Gasteiger partial charge in [0.1, 0.15) is 0 Å². The molecule has 0 radical (unpaired) electrons. The maximum Gasteiger partial charge on any atom is 0.333 e. The summed E-state index contributed by atoms with van der Waals surface area (Å²) in [5, 5.41) is 3.83. The van der Waals surface area contributed by atoms with E-state index in [2.05, 4.69) is 21.2 Å². The second kappa shape index (κ2) is 7.48. The SMILES string of the molecule is CCOC(=O)C(Nc1ccc(Cl)cc1)c1cccc(Br)c1. The number of benzene rings is 2. The Morgan fingerprint density at radius 3 is 2.62 bits per heavy atom. The number of nitrogens with one attached hydrogen (secondary N) is 1. The van der Waals surface area contributed by atoms with Gasteiger partial charge in [0.15, 0.2) is 6.04 Å². The van der Waals surface area contributed by atoms with Crippen LogP contribution in [0.1, 0.15) is 18.5 Å². The lowest BCUT2D eigenvalue weighted by Crippen LogP contribution is -2.23. The van der Waals surface area contributed by atoms with Crippen molar-refractivity contribution in [2.45, 2.75) is 13.0 Å². The first-order valence-electron chi connectivity index (χ1n) is 6.54. The molecule has 0 aliphatic carbocycles. The van der Waals surface area contributed by atoms with Gasteiger partial charge in [-0.1, -0.05) is 39.7 Å². The summed E-state index contributed by atoms with van der Waals surface area (Å²) in [6.45, 7) is 2.13. The average Bonchev–Trinajstić information content (AvgIpc) is 2.47. The van der Waals surface area contributed by atoms with Gasteiger partial charge in [0.2, 0.25) is 0 Å². The third kappa shape index (κ3) is 4.48. The summed E-state index contributed by atoms with van der Waals surface area (Å²) in [5.74, 6) is -0.314. The highest BCUT2D eigenvalue weighted by Gasteiger charge is 2.22. The second-order valence-corrected chi connectivity index (χ2v) is 5.74. The maximum atomic E-state index is 12.2. The quantitative estimate of drug-likeness (QED) is 0.769. The molecule has 5 heteroatoms. The summed E-state index contributed by atoms with van der Waals surface area (Å²) >= 11 is 9.29. The van der Waals surface area contributed by atoms with Crippen LogP contribution in [0, 0.1) is 0 Å². The van der Waals surface area contributed by atoms with Gasteiger partial charge in [0, 0.05) is 15.2 Å². The summed E-state index contributed by atoms with van der Waals surface area (Å²) in [6.07, 6.45) is 0. The van der Waals surface area contributed by atoms with Crippen molar-refractivity contribution in [1.29, 1.82) is 0 Å². The average molecular weight is 369 g/mol. The Hall–Kier alpha value is -1.52. The lowest BCUT2D eigenvalue weighted by molar-refractivity contribution is -0.144. The summed E-state index contributed by atoms with van der Waals surface area (Å²) in [5.41, 5.74) is 1.63. The molecule has 1 N–H and O–H groups in total. The largest absolute Gasteiger partial charge is 0.464 e. The highest BCUT2D eigenvalue weighted by molar-refractivity contribution is 9.10. The molecule has 2 rings (SSSR count). The van der Waals surface area contributed by atoms with Crippen LogP contribution in [0.2, 0.25) is 5.02 Å². The highest BCUT2D eigenvalue weighted by atomic mass is 79.9. The van der Waals surface area contributed by atoms with Crippen LogP contribution < -0.4 is 5.32 Å². The van der Waals surface area contributed by atoms with Crippen LogP contribution in [0.4, 0.5) is 5.69 Å². The molecule has 1 unspecified atom stereocenters. The maximum absolute atomic E-state index is 12.2. The summed E-state index contributed by atoms with van der Waals surface area (Å²) < 4.78 is 6.06. The van der Waals surface area contributed by atoms with Crippen LogP contribution in [0.3, 0.4) is 0 Å². The number of anilines is 1. The van der Waals surface area contributed by atoms with Crippen molar-refractivity contribution in [3.8, 4) is 0 Å². The van der Waals surface area contributed by atoms with Crippen molar-refractivity contribution in [2.24, 2.45) is 0 Å². The van der Waals surface area contributed by atoms with Crippen LogP contribution in [0.5, 0.6) is 0 Å². The van der Waals surface area contributed by atoms with E-state index >= 15 is 0 Å². The molecule has 0 spiro atoms. The third-order valence-corrected chi connectivity index (χ3v) is 3.60. The molecule has 0 bridgehead atoms. The van der Waals surface area contributed by atoms with E-state index in [9.17, 15) is 4.79 Å². The minimum Gasteiger partial charge on any atom is -0.464 e. The first kappa shape index (κ1) is 15.9. The Balaban J connectivity index is 2.27. The molecule has 2 aromatic rings. The summed E-state index contributed by atoms with van der Waals surface area (Å²) in [7, 11) is 0. The zero-order valence-electron chi connectivity index (χ0n) is 11.5. The molecule has 0 aromatic heterocycles. The van der Waals surface area contributed by atoms with Gasteiger partial charge in [-0.2, -0.15) is 0 Å². The van der Waals surface area contributed by atoms with Gasteiger partial charge in [-0.15, -0.1) is 0 Å². The molecule has 0 aliphatic rings. The van der Waals surface area contributed by atoms with Gasteiger partial charge in [0.05, 0.1) is 6.61 Å². The zero-order chi connectivity index (χ0) is 15.2. The van der Waals surface area contributed by atoms with Crippen molar-refractivity contribution in [2.75, 3.05) is 11.9 Å². The molecule has 0 amide bonds. The Bertz CT molecular complexity index is 616. The van der Waals surface area contributed by atoms with Gasteiger partial charge in [-0.05, 0) is 48.9 Å². The van der Waals surface area contributed by atoms with E-state index in [0.29, 0.717) is 11.6 Å². The second-order valence-electron chi connectivity index (χ2n) is 4.39. The van der Waals surface area contributed by atoms with Crippen LogP contribution in [-0.4, -0.2) is 12.6 Å². The summed E-state index contributed by atoms with van der Waals surface area (Å²) in [6, 6.07) is 14.2. The van der Waals surface area contributed by atoms with Gasteiger partial charge in [-0.3, -0.25) is 0 Å². The molecule has 3 nitrogen and oxygen atoms in total. The topological polar surface area (TPSA) is 38.3 Å². The van der Waals surface area contributed by atoms with Crippen molar-refractivity contribution in [3.63, 3.8) is 0 Å². The first-order chi connectivity index (χ1) is 10.1. The fourth-order valence-corrected chi connectivity index (χ4v) is 2.45. The molecule has 0 saturated carbocycles. The van der Waals surface area contributed by atoms with Crippen molar-refractivity contribution < 1.29 is 9.53 Å². The zero-order valence-corrected chi connectivity index (χ0v) is 13.8. The molecular formula is C16H15BrClNO2. The Morgan fingerprint density at radius 1 is 1.29 bits per heavy atom. The number of esters is 1. The lowest BCUT2D eigenvalue weighted by atomic mass is 10.1. The van der Waals surface area contributed by atoms with Crippen molar-refractivity contribution >= 4 is 39.2 Å². The molecule has 0 fully saturated rings. The molecule has 1 atom stereocenters. The normalized spacial score (nSPS) is 11.8. The molecule has 21 heavy (non-hydrogen) atoms. The Labute approximate surface area is 137 Å². The van der Waals surface area contributed by atoms with E-state index in [0.717, 1.165) is 15.7 Å². The van der Waals surface area contributed by atoms with E-state index in [1.54, 1.807) is 19.1 Å². The highest BCUT2D eigenvalue weighted by Crippen LogP contribution is 2.24. The Kier molecular flexibility index (Phi) is 5.65. The van der Waals surface area contributed by atoms with Crippen LogP contribution in [0.15, 0.2) is 53.0 Å². The number of halogens is 2. The molecule has 0 aliphatic heterocycles. The third-order valence-electron chi connectivity index (χ3n) is 2.86. The van der Waals surface area contributed by atoms with E-state index in [1.807, 2.05) is 36.4 Å². The van der Waals surface area contributed by atoms with E-state index in [1.165, 1.54) is 0 Å². The van der Waals surface area contributed by atoms with Crippen LogP contribution in [0.25, 0.3) is 0 Å². The molecule has 2 aromatic carbocycles. The van der Waals surface area contributed by atoms with Gasteiger partial charge in [0.25, 0.3) is 0 Å². The van der Waals surface area contributed by atoms with Gasteiger partial charge < -0.3 is 10.1 Å². The minimum atomic E-state index is -0.566. The standard InChI is InChI=1S/C16H15BrClNO2/c1-2-21-16(20)15(11-4-3-5-12(17)10-11)19-14-8-6-13(18)7-9-14/h3-10,15,19H,2H2,1H3. The monoisotopic (exact) mass is 367 g/mol. The molecule has 0 saturated heterocycles. The van der Waals surface area contributed by atoms with E-state index in [4.69, 9.17) is 16.3 Å². The number of ether oxygens (including phenoxy) is 1. The van der Waals surface area contributed by atoms with E-state index < -0.39 is 6.04 Å². The van der Waals surface area contributed by atoms with Gasteiger partial charge in [-0.25, -0.2) is 4.79 Å².